The molecule has 3 rings (SSSR count). The summed E-state index contributed by atoms with van der Waals surface area (Å²) in [6.07, 6.45) is 3.30. The van der Waals surface area contributed by atoms with Crippen LogP contribution in [-0.4, -0.2) is 34.8 Å². The molecule has 0 amide bonds. The Morgan fingerprint density at radius 2 is 2.00 bits per heavy atom. The Balaban J connectivity index is 1.92. The average molecular weight is 244 g/mol. The standard InChI is InChI=1S/C14H20N4/c1-3-16(4-2)18-11-14-13-8-6-5-7-12(13)9-10-17(14)15-18/h5-8,11,15H,3-4,9-10H2,1-2H3. The van der Waals surface area contributed by atoms with Crippen molar-refractivity contribution in [2.75, 3.05) is 19.6 Å². The maximum Gasteiger partial charge on any atom is 0.0804 e. The Labute approximate surface area is 108 Å². The molecule has 1 N–H and O–H groups in total. The first-order valence-corrected chi connectivity index (χ1v) is 6.71. The van der Waals surface area contributed by atoms with E-state index < -0.39 is 0 Å². The van der Waals surface area contributed by atoms with Crippen LogP contribution < -0.4 is 5.53 Å². The maximum atomic E-state index is 3.44. The molecule has 0 saturated heterocycles. The Bertz CT molecular complexity index is 465. The van der Waals surface area contributed by atoms with Crippen molar-refractivity contribution in [1.82, 2.24) is 20.7 Å². The van der Waals surface area contributed by atoms with Crippen LogP contribution in [0.25, 0.3) is 5.70 Å². The normalized spacial score (nSPS) is 17.8. The van der Waals surface area contributed by atoms with E-state index in [0.717, 1.165) is 26.1 Å². The molecular formula is C14H20N4. The van der Waals surface area contributed by atoms with Crippen molar-refractivity contribution in [2.24, 2.45) is 0 Å². The number of hydrogen-bond acceptors (Lipinski definition) is 4. The number of hydrogen-bond donors (Lipinski definition) is 1. The third kappa shape index (κ3) is 1.78. The second-order valence-corrected chi connectivity index (χ2v) is 4.66. The molecule has 2 aliphatic rings. The molecule has 18 heavy (non-hydrogen) atoms. The Morgan fingerprint density at radius 3 is 2.78 bits per heavy atom. The molecule has 0 aliphatic carbocycles. The quantitative estimate of drug-likeness (QED) is 0.875. The van der Waals surface area contributed by atoms with Crippen LogP contribution in [0.15, 0.2) is 30.5 Å². The van der Waals surface area contributed by atoms with E-state index in [4.69, 9.17) is 0 Å². The molecule has 0 radical (unpaired) electrons. The van der Waals surface area contributed by atoms with Gasteiger partial charge in [-0.05, 0) is 12.0 Å². The number of hydrazine groups is 3. The second kappa shape index (κ2) is 4.63. The highest BCUT2D eigenvalue weighted by molar-refractivity contribution is 5.69. The first kappa shape index (κ1) is 11.6. The molecule has 0 saturated carbocycles. The molecule has 2 heterocycles. The third-order valence-corrected chi connectivity index (χ3v) is 3.69. The van der Waals surface area contributed by atoms with Crippen molar-refractivity contribution >= 4 is 5.70 Å². The lowest BCUT2D eigenvalue weighted by Crippen LogP contribution is -2.50. The first-order valence-electron chi connectivity index (χ1n) is 6.71. The van der Waals surface area contributed by atoms with Gasteiger partial charge in [-0.15, -0.1) is 5.53 Å². The van der Waals surface area contributed by atoms with Crippen molar-refractivity contribution in [3.63, 3.8) is 0 Å². The maximum absolute atomic E-state index is 3.44. The van der Waals surface area contributed by atoms with Crippen molar-refractivity contribution in [1.29, 1.82) is 0 Å². The molecule has 0 aromatic heterocycles. The summed E-state index contributed by atoms with van der Waals surface area (Å²) in [7, 11) is 0. The highest BCUT2D eigenvalue weighted by Crippen LogP contribution is 2.30. The number of benzene rings is 1. The van der Waals surface area contributed by atoms with Crippen LogP contribution in [0.3, 0.4) is 0 Å². The van der Waals surface area contributed by atoms with Gasteiger partial charge in [-0.1, -0.05) is 38.1 Å². The monoisotopic (exact) mass is 244 g/mol. The summed E-state index contributed by atoms with van der Waals surface area (Å²) < 4.78 is 0. The number of nitrogens with one attached hydrogen (secondary N) is 1. The summed E-state index contributed by atoms with van der Waals surface area (Å²) in [5, 5.41) is 6.62. The van der Waals surface area contributed by atoms with Crippen molar-refractivity contribution < 1.29 is 0 Å². The topological polar surface area (TPSA) is 21.8 Å². The number of nitrogens with zero attached hydrogens (tertiary/aromatic N) is 3. The zero-order valence-electron chi connectivity index (χ0n) is 11.1. The van der Waals surface area contributed by atoms with Gasteiger partial charge in [0.15, 0.2) is 0 Å². The molecule has 2 aliphatic heterocycles. The Kier molecular flexibility index (Phi) is 2.97. The van der Waals surface area contributed by atoms with E-state index in [-0.39, 0.29) is 0 Å². The van der Waals surface area contributed by atoms with Gasteiger partial charge in [0.2, 0.25) is 0 Å². The fraction of sp³-hybridized carbons (Fsp3) is 0.429. The highest BCUT2D eigenvalue weighted by Gasteiger charge is 2.28. The van der Waals surface area contributed by atoms with Crippen LogP contribution in [0.2, 0.25) is 0 Å². The lowest BCUT2D eigenvalue weighted by Gasteiger charge is -2.33. The molecule has 0 atom stereocenters. The van der Waals surface area contributed by atoms with E-state index in [1.807, 2.05) is 0 Å². The van der Waals surface area contributed by atoms with Gasteiger partial charge in [-0.25, -0.2) is 10.1 Å². The van der Waals surface area contributed by atoms with Crippen LogP contribution in [0.5, 0.6) is 0 Å². The molecule has 4 heteroatoms. The zero-order valence-corrected chi connectivity index (χ0v) is 11.1. The van der Waals surface area contributed by atoms with Crippen molar-refractivity contribution in [3.05, 3.63) is 41.6 Å². The molecular weight excluding hydrogens is 224 g/mol. The SMILES string of the molecule is CCN(CC)N1C=C2c3ccccc3CCN2N1. The Morgan fingerprint density at radius 1 is 1.22 bits per heavy atom. The summed E-state index contributed by atoms with van der Waals surface area (Å²) >= 11 is 0. The minimum atomic E-state index is 1.00. The van der Waals surface area contributed by atoms with E-state index in [1.54, 1.807) is 0 Å². The molecule has 0 bridgehead atoms. The molecule has 4 nitrogen and oxygen atoms in total. The molecule has 0 unspecified atom stereocenters. The lowest BCUT2D eigenvalue weighted by molar-refractivity contribution is -0.0511. The predicted octanol–water partition coefficient (Wildman–Crippen LogP) is 1.84. The van der Waals surface area contributed by atoms with Crippen LogP contribution >= 0.6 is 0 Å². The molecule has 96 valence electrons. The van der Waals surface area contributed by atoms with Crippen LogP contribution in [-0.2, 0) is 6.42 Å². The highest BCUT2D eigenvalue weighted by atomic mass is 15.9. The molecule has 0 spiro atoms. The minimum absolute atomic E-state index is 1.00. The average Bonchev–Trinajstić information content (AvgIpc) is 2.84. The van der Waals surface area contributed by atoms with Crippen LogP contribution in [0.4, 0.5) is 0 Å². The van der Waals surface area contributed by atoms with Gasteiger partial charge in [0.1, 0.15) is 0 Å². The van der Waals surface area contributed by atoms with Gasteiger partial charge < -0.3 is 0 Å². The molecule has 1 aromatic rings. The van der Waals surface area contributed by atoms with Gasteiger partial charge >= 0.3 is 0 Å². The fourth-order valence-electron chi connectivity index (χ4n) is 2.67. The number of fused-ring (bicyclic) bond motifs is 3. The minimum Gasteiger partial charge on any atom is -0.287 e. The summed E-state index contributed by atoms with van der Waals surface area (Å²) in [5.41, 5.74) is 7.52. The number of rotatable bonds is 3. The van der Waals surface area contributed by atoms with Crippen molar-refractivity contribution in [2.45, 2.75) is 20.3 Å². The summed E-state index contributed by atoms with van der Waals surface area (Å²) in [5.74, 6) is 0. The van der Waals surface area contributed by atoms with E-state index in [9.17, 15) is 0 Å². The third-order valence-electron chi connectivity index (χ3n) is 3.69. The van der Waals surface area contributed by atoms with Crippen molar-refractivity contribution in [3.8, 4) is 0 Å². The fourth-order valence-corrected chi connectivity index (χ4v) is 2.67. The zero-order chi connectivity index (χ0) is 12.5. The lowest BCUT2D eigenvalue weighted by atomic mass is 9.98. The Hall–Kier alpha value is -1.52. The molecule has 0 fully saturated rings. The predicted molar refractivity (Wildman–Crippen MR) is 72.7 cm³/mol. The van der Waals surface area contributed by atoms with Gasteiger partial charge in [0.05, 0.1) is 11.9 Å². The van der Waals surface area contributed by atoms with Gasteiger partial charge in [0.25, 0.3) is 0 Å². The van der Waals surface area contributed by atoms with E-state index >= 15 is 0 Å². The largest absolute Gasteiger partial charge is 0.287 e. The van der Waals surface area contributed by atoms with E-state index in [1.165, 1.54) is 16.8 Å². The summed E-state index contributed by atoms with van der Waals surface area (Å²) in [6, 6.07) is 8.68. The van der Waals surface area contributed by atoms with E-state index in [2.05, 4.69) is 65.0 Å². The van der Waals surface area contributed by atoms with Crippen LogP contribution in [0, 0.1) is 0 Å². The van der Waals surface area contributed by atoms with Gasteiger partial charge in [-0.3, -0.25) is 5.01 Å². The van der Waals surface area contributed by atoms with Gasteiger partial charge in [-0.2, -0.15) is 0 Å². The first-order chi connectivity index (χ1) is 8.83. The summed E-state index contributed by atoms with van der Waals surface area (Å²) in [6.45, 7) is 7.38. The second-order valence-electron chi connectivity index (χ2n) is 4.66. The van der Waals surface area contributed by atoms with Crippen LogP contribution in [0.1, 0.15) is 25.0 Å². The summed E-state index contributed by atoms with van der Waals surface area (Å²) in [4.78, 5) is 0. The van der Waals surface area contributed by atoms with E-state index in [0.29, 0.717) is 0 Å². The smallest absolute Gasteiger partial charge is 0.0804 e. The molecule has 1 aromatic carbocycles. The van der Waals surface area contributed by atoms with Gasteiger partial charge in [0, 0.05) is 25.2 Å².